The zero-order chi connectivity index (χ0) is 19.1. The topological polar surface area (TPSA) is 123 Å². The van der Waals surface area contributed by atoms with Crippen LogP contribution >= 0.6 is 0 Å². The van der Waals surface area contributed by atoms with Crippen LogP contribution in [0.25, 0.3) is 10.4 Å². The highest BCUT2D eigenvalue weighted by atomic mass is 16.7. The second kappa shape index (κ2) is 9.19. The Morgan fingerprint density at radius 1 is 1.31 bits per heavy atom. The Hall–Kier alpha value is -2.61. The van der Waals surface area contributed by atoms with Crippen molar-refractivity contribution in [3.8, 4) is 0 Å². The van der Waals surface area contributed by atoms with E-state index in [0.29, 0.717) is 0 Å². The average Bonchev–Trinajstić information content (AvgIpc) is 2.59. The average molecular weight is 362 g/mol. The lowest BCUT2D eigenvalue weighted by atomic mass is 9.95. The van der Waals surface area contributed by atoms with Gasteiger partial charge >= 0.3 is 5.97 Å². The molecule has 0 bridgehead atoms. The maximum atomic E-state index is 11.6. The molecule has 1 amide bonds. The van der Waals surface area contributed by atoms with Crippen molar-refractivity contribution in [1.82, 2.24) is 5.32 Å². The van der Waals surface area contributed by atoms with Crippen molar-refractivity contribution in [3.63, 3.8) is 0 Å². The van der Waals surface area contributed by atoms with E-state index in [0.717, 1.165) is 5.56 Å². The van der Waals surface area contributed by atoms with Crippen LogP contribution in [0.3, 0.4) is 0 Å². The Kier molecular flexibility index (Phi) is 6.97. The molecule has 1 aliphatic heterocycles. The minimum absolute atomic E-state index is 0.243. The molecule has 1 aliphatic rings. The summed E-state index contributed by atoms with van der Waals surface area (Å²) < 4.78 is 17.0. The van der Waals surface area contributed by atoms with Crippen molar-refractivity contribution in [1.29, 1.82) is 0 Å². The molecule has 0 radical (unpaired) electrons. The number of nitrogens with one attached hydrogen (secondary N) is 1. The van der Waals surface area contributed by atoms with E-state index in [2.05, 4.69) is 15.3 Å². The van der Waals surface area contributed by atoms with Crippen molar-refractivity contribution >= 4 is 11.9 Å². The van der Waals surface area contributed by atoms with E-state index < -0.39 is 36.6 Å². The number of rotatable bonds is 6. The van der Waals surface area contributed by atoms with Gasteiger partial charge in [-0.2, -0.15) is 0 Å². The predicted octanol–water partition coefficient (Wildman–Crippen LogP) is 2.06. The molecule has 1 fully saturated rings. The van der Waals surface area contributed by atoms with Gasteiger partial charge in [0.15, 0.2) is 6.29 Å². The van der Waals surface area contributed by atoms with Crippen LogP contribution in [-0.2, 0) is 30.4 Å². The molecule has 26 heavy (non-hydrogen) atoms. The highest BCUT2D eigenvalue weighted by Crippen LogP contribution is 2.27. The number of amides is 1. The van der Waals surface area contributed by atoms with Gasteiger partial charge in [-0.05, 0) is 18.0 Å². The number of benzene rings is 1. The summed E-state index contributed by atoms with van der Waals surface area (Å²) in [5.74, 6) is -0.905. The summed E-state index contributed by atoms with van der Waals surface area (Å²) in [6.07, 6.45) is -2.35. The van der Waals surface area contributed by atoms with E-state index in [1.54, 1.807) is 6.92 Å². The fraction of sp³-hybridized carbons (Fsp3) is 0.529. The minimum Gasteiger partial charge on any atom is -0.460 e. The molecule has 140 valence electrons. The molecule has 9 heteroatoms. The number of ether oxygens (including phenoxy) is 3. The van der Waals surface area contributed by atoms with Gasteiger partial charge in [0.25, 0.3) is 0 Å². The Balaban J connectivity index is 2.24. The molecule has 1 N–H and O–H groups in total. The second-order valence-electron chi connectivity index (χ2n) is 6.00. The van der Waals surface area contributed by atoms with Crippen molar-refractivity contribution < 1.29 is 23.8 Å². The molecule has 0 aromatic heterocycles. The molecule has 0 saturated carbocycles. The molecule has 0 spiro atoms. The van der Waals surface area contributed by atoms with Gasteiger partial charge in [-0.15, -0.1) is 0 Å². The number of nitrogens with zero attached hydrogens (tertiary/aromatic N) is 3. The lowest BCUT2D eigenvalue weighted by molar-refractivity contribution is -0.242. The summed E-state index contributed by atoms with van der Waals surface area (Å²) in [5.41, 5.74) is 9.74. The molecule has 2 rings (SSSR count). The van der Waals surface area contributed by atoms with Crippen LogP contribution in [0.5, 0.6) is 0 Å². The van der Waals surface area contributed by atoms with Crippen molar-refractivity contribution in [2.75, 3.05) is 0 Å². The molecule has 1 saturated heterocycles. The van der Waals surface area contributed by atoms with Gasteiger partial charge < -0.3 is 19.5 Å². The normalized spacial score (nSPS) is 27.9. The molecule has 1 aromatic rings. The molecule has 0 unspecified atom stereocenters. The lowest BCUT2D eigenvalue weighted by Gasteiger charge is -2.43. The van der Waals surface area contributed by atoms with Crippen LogP contribution in [-0.4, -0.2) is 42.5 Å². The summed E-state index contributed by atoms with van der Waals surface area (Å²) >= 11 is 0. The third kappa shape index (κ3) is 5.19. The van der Waals surface area contributed by atoms with Gasteiger partial charge in [-0.3, -0.25) is 9.59 Å². The predicted molar refractivity (Wildman–Crippen MR) is 91.7 cm³/mol. The Morgan fingerprint density at radius 2 is 2.00 bits per heavy atom. The third-order valence-electron chi connectivity index (χ3n) is 3.93. The van der Waals surface area contributed by atoms with Crippen LogP contribution in [0, 0.1) is 0 Å². The standard InChI is InChI=1S/C17H22N4O5/c1-10-14(20-21-18)16(26-12(3)23)15(19-11(2)22)17(25-10)24-9-13-7-5-4-6-8-13/h4-8,10,14-17H,9H2,1-3H3,(H,19,22)/t10-,14-,15+,16-,17+/m0/s1. The first kappa shape index (κ1) is 19.7. The quantitative estimate of drug-likeness (QED) is 0.359. The molecular weight excluding hydrogens is 340 g/mol. The summed E-state index contributed by atoms with van der Waals surface area (Å²) in [5, 5.41) is 6.36. The van der Waals surface area contributed by atoms with Gasteiger partial charge in [-0.25, -0.2) is 0 Å². The van der Waals surface area contributed by atoms with Crippen LogP contribution in [0.4, 0.5) is 0 Å². The van der Waals surface area contributed by atoms with Gasteiger partial charge in [-0.1, -0.05) is 35.4 Å². The number of azide groups is 1. The first-order chi connectivity index (χ1) is 12.4. The smallest absolute Gasteiger partial charge is 0.302 e. The number of carbonyl (C=O) groups excluding carboxylic acids is 2. The number of esters is 1. The fourth-order valence-corrected chi connectivity index (χ4v) is 2.85. The largest absolute Gasteiger partial charge is 0.460 e. The number of hydrogen-bond donors (Lipinski definition) is 1. The third-order valence-corrected chi connectivity index (χ3v) is 3.93. The van der Waals surface area contributed by atoms with E-state index in [1.807, 2.05) is 30.3 Å². The molecular formula is C17H22N4O5. The summed E-state index contributed by atoms with van der Waals surface area (Å²) in [6.45, 7) is 4.52. The van der Waals surface area contributed by atoms with Crippen molar-refractivity contribution in [2.24, 2.45) is 5.11 Å². The minimum atomic E-state index is -0.906. The molecule has 1 aromatic carbocycles. The monoisotopic (exact) mass is 362 g/mol. The molecule has 9 nitrogen and oxygen atoms in total. The maximum absolute atomic E-state index is 11.6. The van der Waals surface area contributed by atoms with Gasteiger partial charge in [0, 0.05) is 18.8 Å². The first-order valence-corrected chi connectivity index (χ1v) is 8.22. The first-order valence-electron chi connectivity index (χ1n) is 8.22. The summed E-state index contributed by atoms with van der Waals surface area (Å²) in [4.78, 5) is 26.0. The zero-order valence-corrected chi connectivity index (χ0v) is 14.9. The van der Waals surface area contributed by atoms with E-state index in [-0.39, 0.29) is 12.5 Å². The van der Waals surface area contributed by atoms with Crippen LogP contribution in [0.1, 0.15) is 26.3 Å². The highest BCUT2D eigenvalue weighted by molar-refractivity contribution is 5.73. The van der Waals surface area contributed by atoms with Crippen LogP contribution < -0.4 is 5.32 Å². The molecule has 5 atom stereocenters. The number of hydrogen-bond acceptors (Lipinski definition) is 6. The fourth-order valence-electron chi connectivity index (χ4n) is 2.85. The van der Waals surface area contributed by atoms with Crippen LogP contribution in [0.15, 0.2) is 35.4 Å². The van der Waals surface area contributed by atoms with Gasteiger partial charge in [0.2, 0.25) is 5.91 Å². The van der Waals surface area contributed by atoms with Crippen molar-refractivity contribution in [3.05, 3.63) is 46.3 Å². The highest BCUT2D eigenvalue weighted by Gasteiger charge is 2.47. The summed E-state index contributed by atoms with van der Waals surface area (Å²) in [7, 11) is 0. The second-order valence-corrected chi connectivity index (χ2v) is 6.00. The van der Waals surface area contributed by atoms with E-state index in [9.17, 15) is 9.59 Å². The Morgan fingerprint density at radius 3 is 2.58 bits per heavy atom. The zero-order valence-electron chi connectivity index (χ0n) is 14.9. The van der Waals surface area contributed by atoms with Gasteiger partial charge in [0.05, 0.1) is 12.7 Å². The molecule has 1 heterocycles. The van der Waals surface area contributed by atoms with Gasteiger partial charge in [0.1, 0.15) is 18.2 Å². The Labute approximate surface area is 151 Å². The number of carbonyl (C=O) groups is 2. The summed E-state index contributed by atoms with van der Waals surface area (Å²) in [6, 6.07) is 7.84. The van der Waals surface area contributed by atoms with E-state index >= 15 is 0 Å². The van der Waals surface area contributed by atoms with Crippen LogP contribution in [0.2, 0.25) is 0 Å². The SMILES string of the molecule is CC(=O)N[C@H]1[C@H](OCc2ccccc2)O[C@@H](C)[C@H](N=[N+]=[N-])[C@@H]1OC(C)=O. The Bertz CT molecular complexity index is 677. The lowest BCUT2D eigenvalue weighted by Crippen LogP contribution is -2.63. The molecule has 0 aliphatic carbocycles. The van der Waals surface area contributed by atoms with Crippen molar-refractivity contribution in [2.45, 2.75) is 58.0 Å². The van der Waals surface area contributed by atoms with E-state index in [1.165, 1.54) is 13.8 Å². The maximum Gasteiger partial charge on any atom is 0.302 e. The van der Waals surface area contributed by atoms with E-state index in [4.69, 9.17) is 19.7 Å².